The third kappa shape index (κ3) is 4.02. The summed E-state index contributed by atoms with van der Waals surface area (Å²) < 4.78 is 0. The molecule has 6 heteroatoms. The molecule has 0 saturated carbocycles. The van der Waals surface area contributed by atoms with Gasteiger partial charge in [-0.15, -0.1) is 0 Å². The van der Waals surface area contributed by atoms with Crippen molar-refractivity contribution in [2.45, 2.75) is 65.3 Å². The van der Waals surface area contributed by atoms with E-state index in [9.17, 15) is 4.79 Å². The number of hydrogen-bond donors (Lipinski definition) is 0. The second-order valence-corrected chi connectivity index (χ2v) is 9.81. The molecule has 1 aromatic rings. The van der Waals surface area contributed by atoms with Gasteiger partial charge in [0.25, 0.3) is 0 Å². The quantitative estimate of drug-likeness (QED) is 0.784. The molecule has 2 fully saturated rings. The van der Waals surface area contributed by atoms with E-state index in [0.29, 0.717) is 17.9 Å². The maximum absolute atomic E-state index is 12.0. The van der Waals surface area contributed by atoms with Crippen molar-refractivity contribution < 1.29 is 4.79 Å². The first-order valence-corrected chi connectivity index (χ1v) is 10.9. The number of carbonyl (C=O) groups is 1. The second-order valence-electron chi connectivity index (χ2n) is 9.81. The molecule has 0 aliphatic carbocycles. The monoisotopic (exact) mass is 385 g/mol. The van der Waals surface area contributed by atoms with Crippen molar-refractivity contribution in [2.24, 2.45) is 5.41 Å². The summed E-state index contributed by atoms with van der Waals surface area (Å²) in [6.45, 7) is 12.1. The number of hydrogen-bond acceptors (Lipinski definition) is 5. The second kappa shape index (κ2) is 7.62. The smallest absolute Gasteiger partial charge is 0.219 e. The molecule has 4 heterocycles. The number of rotatable bonds is 2. The van der Waals surface area contributed by atoms with E-state index in [1.807, 2.05) is 4.90 Å². The SMILES string of the molecule is CC(=O)N1CCc2nc(C3CCCN(C)C3)nc(N3CCCC(C)(C)C3)c2C1. The minimum atomic E-state index is 0.147. The van der Waals surface area contributed by atoms with Crippen LogP contribution in [0.25, 0.3) is 0 Å². The number of anilines is 1. The van der Waals surface area contributed by atoms with Gasteiger partial charge in [0.2, 0.25) is 5.91 Å². The number of likely N-dealkylation sites (N-methyl/N-ethyl adjacent to an activating group) is 1. The standard InChI is InChI=1S/C22H35N5O/c1-16(28)26-12-8-19-18(14-26)21(27-11-6-9-22(2,3)15-27)24-20(23-19)17-7-5-10-25(4)13-17/h17H,5-15H2,1-4H3. The molecule has 0 N–H and O–H groups in total. The molecular weight excluding hydrogens is 350 g/mol. The summed E-state index contributed by atoms with van der Waals surface area (Å²) >= 11 is 0. The van der Waals surface area contributed by atoms with E-state index in [1.54, 1.807) is 6.92 Å². The van der Waals surface area contributed by atoms with Crippen LogP contribution in [0.1, 0.15) is 69.5 Å². The van der Waals surface area contributed by atoms with E-state index in [0.717, 1.165) is 44.2 Å². The molecule has 154 valence electrons. The first kappa shape index (κ1) is 19.6. The van der Waals surface area contributed by atoms with Crippen molar-refractivity contribution in [3.63, 3.8) is 0 Å². The average molecular weight is 386 g/mol. The van der Waals surface area contributed by atoms with E-state index < -0.39 is 0 Å². The number of nitrogens with zero attached hydrogens (tertiary/aromatic N) is 5. The fourth-order valence-electron chi connectivity index (χ4n) is 5.11. The molecule has 1 atom stereocenters. The lowest BCUT2D eigenvalue weighted by Crippen LogP contribution is -2.43. The molecule has 0 bridgehead atoms. The van der Waals surface area contributed by atoms with Crippen molar-refractivity contribution in [1.29, 1.82) is 0 Å². The molecule has 3 aliphatic rings. The van der Waals surface area contributed by atoms with Crippen LogP contribution >= 0.6 is 0 Å². The highest BCUT2D eigenvalue weighted by Crippen LogP contribution is 2.36. The van der Waals surface area contributed by atoms with E-state index >= 15 is 0 Å². The zero-order valence-electron chi connectivity index (χ0n) is 18.0. The largest absolute Gasteiger partial charge is 0.356 e. The molecule has 0 radical (unpaired) electrons. The number of carbonyl (C=O) groups excluding carboxylic acids is 1. The number of fused-ring (bicyclic) bond motifs is 1. The van der Waals surface area contributed by atoms with Crippen molar-refractivity contribution >= 4 is 11.7 Å². The highest BCUT2D eigenvalue weighted by atomic mass is 16.2. The molecule has 4 rings (SSSR count). The Bertz CT molecular complexity index is 747. The molecular formula is C22H35N5O. The van der Waals surface area contributed by atoms with Gasteiger partial charge in [-0.2, -0.15) is 0 Å². The molecule has 2 saturated heterocycles. The van der Waals surface area contributed by atoms with Gasteiger partial charge in [-0.1, -0.05) is 13.8 Å². The van der Waals surface area contributed by atoms with Gasteiger partial charge in [-0.25, -0.2) is 9.97 Å². The van der Waals surface area contributed by atoms with E-state index in [2.05, 4.69) is 30.7 Å². The van der Waals surface area contributed by atoms with Crippen LogP contribution in [0.4, 0.5) is 5.82 Å². The Labute approximate surface area is 169 Å². The molecule has 1 unspecified atom stereocenters. The van der Waals surface area contributed by atoms with E-state index in [4.69, 9.17) is 9.97 Å². The van der Waals surface area contributed by atoms with Gasteiger partial charge in [0.15, 0.2) is 0 Å². The molecule has 3 aliphatic heterocycles. The maximum Gasteiger partial charge on any atom is 0.219 e. The first-order chi connectivity index (χ1) is 13.3. The van der Waals surface area contributed by atoms with Crippen molar-refractivity contribution in [2.75, 3.05) is 44.7 Å². The summed E-state index contributed by atoms with van der Waals surface area (Å²) in [5, 5.41) is 0. The van der Waals surface area contributed by atoms with Crippen LogP contribution in [0.3, 0.4) is 0 Å². The Kier molecular flexibility index (Phi) is 5.34. The fourth-order valence-corrected chi connectivity index (χ4v) is 5.11. The maximum atomic E-state index is 12.0. The van der Waals surface area contributed by atoms with Crippen LogP contribution in [0.2, 0.25) is 0 Å². The predicted octanol–water partition coefficient (Wildman–Crippen LogP) is 2.82. The Morgan fingerprint density at radius 2 is 1.96 bits per heavy atom. The lowest BCUT2D eigenvalue weighted by Gasteiger charge is -2.41. The van der Waals surface area contributed by atoms with Gasteiger partial charge in [0, 0.05) is 51.0 Å². The van der Waals surface area contributed by atoms with Crippen LogP contribution < -0.4 is 4.90 Å². The van der Waals surface area contributed by atoms with Crippen LogP contribution in [0.5, 0.6) is 0 Å². The van der Waals surface area contributed by atoms with Gasteiger partial charge < -0.3 is 14.7 Å². The zero-order chi connectivity index (χ0) is 19.9. The summed E-state index contributed by atoms with van der Waals surface area (Å²) in [6, 6.07) is 0. The van der Waals surface area contributed by atoms with E-state index in [1.165, 1.54) is 43.5 Å². The zero-order valence-corrected chi connectivity index (χ0v) is 18.0. The van der Waals surface area contributed by atoms with Crippen LogP contribution in [0.15, 0.2) is 0 Å². The van der Waals surface area contributed by atoms with Gasteiger partial charge in [-0.3, -0.25) is 4.79 Å². The van der Waals surface area contributed by atoms with Gasteiger partial charge in [-0.05, 0) is 44.7 Å². The van der Waals surface area contributed by atoms with Crippen LogP contribution in [-0.2, 0) is 17.8 Å². The molecule has 28 heavy (non-hydrogen) atoms. The summed E-state index contributed by atoms with van der Waals surface area (Å²) in [5.74, 6) is 2.70. The Hall–Kier alpha value is -1.69. The number of piperidine rings is 2. The number of amides is 1. The highest BCUT2D eigenvalue weighted by Gasteiger charge is 2.33. The summed E-state index contributed by atoms with van der Waals surface area (Å²) in [7, 11) is 2.20. The summed E-state index contributed by atoms with van der Waals surface area (Å²) in [6.07, 6.45) is 5.69. The lowest BCUT2D eigenvalue weighted by atomic mass is 9.84. The third-order valence-electron chi connectivity index (χ3n) is 6.69. The highest BCUT2D eigenvalue weighted by molar-refractivity contribution is 5.74. The van der Waals surface area contributed by atoms with Crippen LogP contribution in [0, 0.1) is 5.41 Å². The fraction of sp³-hybridized carbons (Fsp3) is 0.773. The third-order valence-corrected chi connectivity index (χ3v) is 6.69. The average Bonchev–Trinajstić information content (AvgIpc) is 2.65. The van der Waals surface area contributed by atoms with Crippen molar-refractivity contribution in [1.82, 2.24) is 19.8 Å². The molecule has 6 nitrogen and oxygen atoms in total. The Morgan fingerprint density at radius 3 is 2.68 bits per heavy atom. The van der Waals surface area contributed by atoms with E-state index in [-0.39, 0.29) is 5.91 Å². The normalized spacial score (nSPS) is 25.5. The first-order valence-electron chi connectivity index (χ1n) is 10.9. The van der Waals surface area contributed by atoms with Crippen molar-refractivity contribution in [3.8, 4) is 0 Å². The minimum Gasteiger partial charge on any atom is -0.356 e. The minimum absolute atomic E-state index is 0.147. The molecule has 1 amide bonds. The van der Waals surface area contributed by atoms with Gasteiger partial charge in [0.1, 0.15) is 11.6 Å². The van der Waals surface area contributed by atoms with Crippen LogP contribution in [-0.4, -0.2) is 65.4 Å². The van der Waals surface area contributed by atoms with Crippen molar-refractivity contribution in [3.05, 3.63) is 17.1 Å². The predicted molar refractivity (Wildman–Crippen MR) is 112 cm³/mol. The summed E-state index contributed by atoms with van der Waals surface area (Å²) in [4.78, 5) is 29.1. The van der Waals surface area contributed by atoms with Gasteiger partial charge >= 0.3 is 0 Å². The Balaban J connectivity index is 1.72. The molecule has 0 spiro atoms. The Morgan fingerprint density at radius 1 is 1.14 bits per heavy atom. The number of aromatic nitrogens is 2. The van der Waals surface area contributed by atoms with Gasteiger partial charge in [0.05, 0.1) is 12.2 Å². The topological polar surface area (TPSA) is 52.6 Å². The molecule has 1 aromatic heterocycles. The number of likely N-dealkylation sites (tertiary alicyclic amines) is 1. The molecule has 0 aromatic carbocycles. The lowest BCUT2D eigenvalue weighted by molar-refractivity contribution is -0.129. The summed E-state index contributed by atoms with van der Waals surface area (Å²) in [5.41, 5.74) is 2.66.